The van der Waals surface area contributed by atoms with Gasteiger partial charge in [-0.25, -0.2) is 9.18 Å². The summed E-state index contributed by atoms with van der Waals surface area (Å²) in [6.45, 7) is 0.103. The van der Waals surface area contributed by atoms with Crippen molar-refractivity contribution >= 4 is 11.9 Å². The summed E-state index contributed by atoms with van der Waals surface area (Å²) in [5, 5.41) is 3.91. The maximum absolute atomic E-state index is 13.0. The minimum atomic E-state index is -0.856. The molecule has 0 unspecified atom stereocenters. The Morgan fingerprint density at radius 3 is 2.60 bits per heavy atom. The monoisotopic (exact) mass is 411 g/mol. The standard InChI is InChI=1S/C21H18FN3O5/c22-17-7-5-15(6-8-17)20-23-25(21(28)30-20)12-19(27)29-13-18(26)24-10-9-14-3-1-2-4-16(14)11-24/h1-8H,9-13H2. The lowest BCUT2D eigenvalue weighted by molar-refractivity contribution is -0.153. The molecule has 1 amide bonds. The molecule has 0 spiro atoms. The van der Waals surface area contributed by atoms with Gasteiger partial charge in [-0.05, 0) is 41.8 Å². The predicted octanol–water partition coefficient (Wildman–Crippen LogP) is 1.77. The average Bonchev–Trinajstić information content (AvgIpc) is 3.12. The molecule has 2 aromatic carbocycles. The molecule has 4 rings (SSSR count). The molecule has 0 radical (unpaired) electrons. The van der Waals surface area contributed by atoms with Gasteiger partial charge in [0.15, 0.2) is 6.61 Å². The summed E-state index contributed by atoms with van der Waals surface area (Å²) >= 11 is 0. The number of carbonyl (C=O) groups is 2. The zero-order valence-electron chi connectivity index (χ0n) is 15.9. The molecule has 0 bridgehead atoms. The summed E-state index contributed by atoms with van der Waals surface area (Å²) in [4.78, 5) is 37.9. The van der Waals surface area contributed by atoms with Crippen LogP contribution in [-0.2, 0) is 33.8 Å². The molecule has 0 fully saturated rings. The van der Waals surface area contributed by atoms with E-state index in [-0.39, 0.29) is 11.8 Å². The highest BCUT2D eigenvalue weighted by molar-refractivity contribution is 5.80. The Hall–Kier alpha value is -3.75. The van der Waals surface area contributed by atoms with Gasteiger partial charge in [0.2, 0.25) is 5.89 Å². The lowest BCUT2D eigenvalue weighted by Gasteiger charge is -2.28. The number of nitrogens with zero attached hydrogens (tertiary/aromatic N) is 3. The first-order valence-corrected chi connectivity index (χ1v) is 9.33. The summed E-state index contributed by atoms with van der Waals surface area (Å²) in [6, 6.07) is 13.1. The number of carbonyl (C=O) groups excluding carboxylic acids is 2. The molecule has 9 heteroatoms. The van der Waals surface area contributed by atoms with Gasteiger partial charge in [0, 0.05) is 18.7 Å². The van der Waals surface area contributed by atoms with Crippen molar-refractivity contribution in [3.05, 3.63) is 76.0 Å². The van der Waals surface area contributed by atoms with Gasteiger partial charge < -0.3 is 14.1 Å². The largest absolute Gasteiger partial charge is 0.454 e. The predicted molar refractivity (Wildman–Crippen MR) is 103 cm³/mol. The number of ether oxygens (including phenoxy) is 1. The first kappa shape index (κ1) is 19.6. The number of rotatable bonds is 5. The molecule has 0 N–H and O–H groups in total. The van der Waals surface area contributed by atoms with Crippen molar-refractivity contribution in [3.63, 3.8) is 0 Å². The summed E-state index contributed by atoms with van der Waals surface area (Å²) in [7, 11) is 0. The van der Waals surface area contributed by atoms with E-state index in [1.807, 2.05) is 24.3 Å². The second kappa shape index (κ2) is 8.32. The van der Waals surface area contributed by atoms with Gasteiger partial charge in [0.05, 0.1) is 0 Å². The first-order chi connectivity index (χ1) is 14.5. The molecular formula is C21H18FN3O5. The van der Waals surface area contributed by atoms with Crippen LogP contribution in [0.25, 0.3) is 11.5 Å². The van der Waals surface area contributed by atoms with Crippen LogP contribution in [0.1, 0.15) is 11.1 Å². The van der Waals surface area contributed by atoms with Gasteiger partial charge in [-0.15, -0.1) is 5.10 Å². The fraction of sp³-hybridized carbons (Fsp3) is 0.238. The summed E-state index contributed by atoms with van der Waals surface area (Å²) in [5.41, 5.74) is 2.67. The van der Waals surface area contributed by atoms with Gasteiger partial charge in [-0.3, -0.25) is 9.59 Å². The van der Waals surface area contributed by atoms with Gasteiger partial charge in [-0.1, -0.05) is 24.3 Å². The number of benzene rings is 2. The van der Waals surface area contributed by atoms with Crippen molar-refractivity contribution in [2.24, 2.45) is 0 Å². The Morgan fingerprint density at radius 2 is 1.83 bits per heavy atom. The van der Waals surface area contributed by atoms with Crippen LogP contribution in [0, 0.1) is 5.82 Å². The number of esters is 1. The molecular weight excluding hydrogens is 393 g/mol. The van der Waals surface area contributed by atoms with Crippen molar-refractivity contribution in [2.45, 2.75) is 19.5 Å². The molecule has 0 aliphatic carbocycles. The average molecular weight is 411 g/mol. The zero-order chi connectivity index (χ0) is 21.1. The molecule has 3 aromatic rings. The van der Waals surface area contributed by atoms with Crippen LogP contribution >= 0.6 is 0 Å². The van der Waals surface area contributed by atoms with Gasteiger partial charge in [0.25, 0.3) is 5.91 Å². The van der Waals surface area contributed by atoms with Crippen LogP contribution in [-0.4, -0.2) is 39.7 Å². The Kier molecular flexibility index (Phi) is 5.42. The molecule has 0 atom stereocenters. The van der Waals surface area contributed by atoms with E-state index in [0.29, 0.717) is 18.7 Å². The van der Waals surface area contributed by atoms with Crippen molar-refractivity contribution in [3.8, 4) is 11.5 Å². The normalized spacial score (nSPS) is 13.0. The number of hydrogen-bond donors (Lipinski definition) is 0. The third-order valence-electron chi connectivity index (χ3n) is 4.82. The maximum Gasteiger partial charge on any atom is 0.437 e. The number of aromatic nitrogens is 2. The first-order valence-electron chi connectivity index (χ1n) is 9.33. The molecule has 8 nitrogen and oxygen atoms in total. The highest BCUT2D eigenvalue weighted by atomic mass is 19.1. The topological polar surface area (TPSA) is 94.6 Å². The fourth-order valence-electron chi connectivity index (χ4n) is 3.23. The minimum Gasteiger partial charge on any atom is -0.454 e. The zero-order valence-corrected chi connectivity index (χ0v) is 15.9. The molecule has 1 aliphatic heterocycles. The molecule has 154 valence electrons. The third kappa shape index (κ3) is 4.29. The van der Waals surface area contributed by atoms with Gasteiger partial charge in [0.1, 0.15) is 12.4 Å². The van der Waals surface area contributed by atoms with Crippen LogP contribution in [0.2, 0.25) is 0 Å². The van der Waals surface area contributed by atoms with Crippen LogP contribution in [0.3, 0.4) is 0 Å². The summed E-state index contributed by atoms with van der Waals surface area (Å²) in [5.74, 6) is -2.44. The van der Waals surface area contributed by atoms with E-state index >= 15 is 0 Å². The molecule has 2 heterocycles. The minimum absolute atomic E-state index is 0.0455. The molecule has 1 aromatic heterocycles. The number of amides is 1. The lowest BCUT2D eigenvalue weighted by atomic mass is 10.00. The van der Waals surface area contributed by atoms with E-state index in [1.54, 1.807) is 4.90 Å². The summed E-state index contributed by atoms with van der Waals surface area (Å²) in [6.07, 6.45) is 0.746. The number of halogens is 1. The van der Waals surface area contributed by atoms with Crippen LogP contribution in [0.15, 0.2) is 57.7 Å². The van der Waals surface area contributed by atoms with E-state index in [2.05, 4.69) is 5.10 Å². The van der Waals surface area contributed by atoms with Crippen molar-refractivity contribution in [1.82, 2.24) is 14.7 Å². The highest BCUT2D eigenvalue weighted by Gasteiger charge is 2.22. The summed E-state index contributed by atoms with van der Waals surface area (Å²) < 4.78 is 23.8. The lowest BCUT2D eigenvalue weighted by Crippen LogP contribution is -2.39. The van der Waals surface area contributed by atoms with Crippen molar-refractivity contribution in [1.29, 1.82) is 0 Å². The molecule has 1 aliphatic rings. The Morgan fingerprint density at radius 1 is 1.10 bits per heavy atom. The van der Waals surface area contributed by atoms with Crippen molar-refractivity contribution < 1.29 is 23.1 Å². The van der Waals surface area contributed by atoms with E-state index in [0.717, 1.165) is 16.7 Å². The van der Waals surface area contributed by atoms with Gasteiger partial charge >= 0.3 is 11.7 Å². The fourth-order valence-corrected chi connectivity index (χ4v) is 3.23. The highest BCUT2D eigenvalue weighted by Crippen LogP contribution is 2.18. The van der Waals surface area contributed by atoms with Crippen LogP contribution in [0.4, 0.5) is 4.39 Å². The number of fused-ring (bicyclic) bond motifs is 1. The van der Waals surface area contributed by atoms with Crippen LogP contribution in [0.5, 0.6) is 0 Å². The second-order valence-corrected chi connectivity index (χ2v) is 6.83. The molecule has 0 saturated heterocycles. The van der Waals surface area contributed by atoms with Crippen molar-refractivity contribution in [2.75, 3.05) is 13.2 Å². The van der Waals surface area contributed by atoms with E-state index in [4.69, 9.17) is 9.15 Å². The quantitative estimate of drug-likeness (QED) is 0.594. The Bertz CT molecular complexity index is 1140. The maximum atomic E-state index is 13.0. The van der Waals surface area contributed by atoms with Gasteiger partial charge in [-0.2, -0.15) is 4.68 Å². The number of hydrogen-bond acceptors (Lipinski definition) is 6. The molecule has 0 saturated carbocycles. The SMILES string of the molecule is O=C(Cn1nc(-c2ccc(F)cc2)oc1=O)OCC(=O)N1CCc2ccccc2C1. The second-order valence-electron chi connectivity index (χ2n) is 6.83. The third-order valence-corrected chi connectivity index (χ3v) is 4.82. The van der Waals surface area contributed by atoms with E-state index in [1.165, 1.54) is 29.8 Å². The molecule has 30 heavy (non-hydrogen) atoms. The Balaban J connectivity index is 1.32. The van der Waals surface area contributed by atoms with Crippen LogP contribution < -0.4 is 5.76 Å². The van der Waals surface area contributed by atoms with E-state index in [9.17, 15) is 18.8 Å². The Labute approximate surface area is 170 Å². The smallest absolute Gasteiger partial charge is 0.437 e. The van der Waals surface area contributed by atoms with E-state index < -0.39 is 30.7 Å².